The minimum absolute atomic E-state index is 0.723. The molecule has 0 fully saturated rings. The first-order valence-electron chi connectivity index (χ1n) is 11.9. The van der Waals surface area contributed by atoms with E-state index in [4.69, 9.17) is 5.10 Å². The fourth-order valence-corrected chi connectivity index (χ4v) is 20.7. The van der Waals surface area contributed by atoms with E-state index in [-0.39, 0.29) is 0 Å². The van der Waals surface area contributed by atoms with Crippen LogP contribution in [0.2, 0.25) is 13.3 Å². The van der Waals surface area contributed by atoms with Gasteiger partial charge in [-0.25, -0.2) is 0 Å². The summed E-state index contributed by atoms with van der Waals surface area (Å²) in [6.45, 7) is 15.0. The van der Waals surface area contributed by atoms with Crippen LogP contribution in [-0.2, 0) is 6.54 Å². The molecule has 1 heterocycles. The van der Waals surface area contributed by atoms with Crippen LogP contribution in [-0.4, -0.2) is 28.2 Å². The molecule has 0 unspecified atom stereocenters. The van der Waals surface area contributed by atoms with Gasteiger partial charge in [0.15, 0.2) is 0 Å². The van der Waals surface area contributed by atoms with Crippen LogP contribution >= 0.6 is 0 Å². The van der Waals surface area contributed by atoms with Crippen LogP contribution in [0.5, 0.6) is 0 Å². The van der Waals surface area contributed by atoms with Crippen molar-refractivity contribution in [1.29, 1.82) is 0 Å². The number of nitrogens with zero attached hydrogens (tertiary/aromatic N) is 2. The van der Waals surface area contributed by atoms with Gasteiger partial charge in [0, 0.05) is 0 Å². The summed E-state index contributed by atoms with van der Waals surface area (Å²) in [7, 11) is 0. The molecule has 0 spiro atoms. The van der Waals surface area contributed by atoms with Gasteiger partial charge in [-0.3, -0.25) is 0 Å². The van der Waals surface area contributed by atoms with E-state index in [1.165, 1.54) is 74.7 Å². The Bertz CT molecular complexity index is 695. The Kier molecular flexibility index (Phi) is 9.86. The Morgan fingerprint density at radius 2 is 1.50 bits per heavy atom. The molecule has 0 aliphatic rings. The Balaban J connectivity index is 2.58. The molecule has 0 aliphatic heterocycles. The van der Waals surface area contributed by atoms with Crippen molar-refractivity contribution in [2.24, 2.45) is 5.92 Å². The molecule has 1 aromatic heterocycles. The Hall–Kier alpha value is -0.511. The standard InChI is InChI=1S/C13H17N2.3C4H9.Sn/c1-10(2)6-7-15-13-8-11(3)4-5-12(13)9-14-15;3*1-3-4-2;/h4-5,8,10H,6-7H2,1-3H3;3*1,3-4H2,2H3;. The van der Waals surface area contributed by atoms with Crippen LogP contribution in [0.3, 0.4) is 0 Å². The minimum atomic E-state index is -2.52. The Morgan fingerprint density at radius 1 is 0.929 bits per heavy atom. The van der Waals surface area contributed by atoms with E-state index in [0.29, 0.717) is 0 Å². The summed E-state index contributed by atoms with van der Waals surface area (Å²) in [6.07, 6.45) is 9.37. The molecule has 3 heteroatoms. The van der Waals surface area contributed by atoms with Crippen LogP contribution < -0.4 is 3.71 Å². The van der Waals surface area contributed by atoms with E-state index >= 15 is 0 Å². The summed E-state index contributed by atoms with van der Waals surface area (Å²) in [5.41, 5.74) is 2.77. The first-order valence-corrected chi connectivity index (χ1v) is 19.4. The number of hydrogen-bond donors (Lipinski definition) is 0. The molecule has 158 valence electrons. The molecule has 0 atom stereocenters. The van der Waals surface area contributed by atoms with Crippen molar-refractivity contribution < 1.29 is 0 Å². The third-order valence-corrected chi connectivity index (χ3v) is 21.5. The van der Waals surface area contributed by atoms with E-state index < -0.39 is 18.4 Å². The SMILES string of the molecule is CCC[CH2][Sn]([CH2]CCC)([CH2]CCC)[c]1nn(CCC(C)C)c2cc(C)ccc12. The molecule has 0 saturated carbocycles. The topological polar surface area (TPSA) is 17.8 Å². The van der Waals surface area contributed by atoms with Crippen LogP contribution in [0.25, 0.3) is 10.9 Å². The third-order valence-electron chi connectivity index (χ3n) is 6.35. The van der Waals surface area contributed by atoms with Crippen LogP contribution in [0.1, 0.15) is 85.1 Å². The van der Waals surface area contributed by atoms with E-state index in [2.05, 4.69) is 64.4 Å². The number of unbranched alkanes of at least 4 members (excludes halogenated alkanes) is 3. The van der Waals surface area contributed by atoms with E-state index in [0.717, 1.165) is 12.5 Å². The number of fused-ring (bicyclic) bond motifs is 1. The van der Waals surface area contributed by atoms with Gasteiger partial charge in [0.25, 0.3) is 0 Å². The molecule has 0 N–H and O–H groups in total. The molecule has 2 rings (SSSR count). The molecule has 0 bridgehead atoms. The predicted octanol–water partition coefficient (Wildman–Crippen LogP) is 7.45. The third kappa shape index (κ3) is 6.00. The first-order chi connectivity index (χ1) is 13.5. The summed E-state index contributed by atoms with van der Waals surface area (Å²) < 4.78 is 8.48. The van der Waals surface area contributed by atoms with Gasteiger partial charge in [0.2, 0.25) is 0 Å². The predicted molar refractivity (Wildman–Crippen MR) is 128 cm³/mol. The molecule has 0 saturated heterocycles. The van der Waals surface area contributed by atoms with Gasteiger partial charge in [0.1, 0.15) is 0 Å². The van der Waals surface area contributed by atoms with Crippen molar-refractivity contribution in [3.63, 3.8) is 0 Å². The zero-order valence-electron chi connectivity index (χ0n) is 19.5. The van der Waals surface area contributed by atoms with E-state index in [1.54, 1.807) is 3.71 Å². The van der Waals surface area contributed by atoms with Crippen molar-refractivity contribution >= 4 is 33.0 Å². The van der Waals surface area contributed by atoms with Gasteiger partial charge in [-0.1, -0.05) is 0 Å². The van der Waals surface area contributed by atoms with Gasteiger partial charge >= 0.3 is 179 Å². The molecule has 28 heavy (non-hydrogen) atoms. The number of hydrogen-bond acceptors (Lipinski definition) is 1. The average Bonchev–Trinajstić information content (AvgIpc) is 3.04. The molecular weight excluding hydrogens is 447 g/mol. The normalized spacial score (nSPS) is 12.4. The Morgan fingerprint density at radius 3 is 2.00 bits per heavy atom. The second-order valence-electron chi connectivity index (χ2n) is 9.37. The summed E-state index contributed by atoms with van der Waals surface area (Å²) in [4.78, 5) is 0. The number of rotatable bonds is 13. The maximum atomic E-state index is 5.44. The molecular formula is C25H44N2Sn. The van der Waals surface area contributed by atoms with Gasteiger partial charge in [-0.15, -0.1) is 0 Å². The maximum absolute atomic E-state index is 5.44. The van der Waals surface area contributed by atoms with E-state index in [9.17, 15) is 0 Å². The zero-order valence-corrected chi connectivity index (χ0v) is 22.3. The monoisotopic (exact) mass is 492 g/mol. The molecule has 0 amide bonds. The fourth-order valence-electron chi connectivity index (χ4n) is 4.50. The molecule has 0 aliphatic carbocycles. The van der Waals surface area contributed by atoms with Gasteiger partial charge in [-0.05, 0) is 0 Å². The van der Waals surface area contributed by atoms with Gasteiger partial charge in [-0.2, -0.15) is 0 Å². The van der Waals surface area contributed by atoms with Gasteiger partial charge in [0.05, 0.1) is 0 Å². The van der Waals surface area contributed by atoms with Crippen LogP contribution in [0.4, 0.5) is 0 Å². The van der Waals surface area contributed by atoms with E-state index in [1.807, 2.05) is 0 Å². The Labute approximate surface area is 178 Å². The molecule has 2 nitrogen and oxygen atoms in total. The van der Waals surface area contributed by atoms with Gasteiger partial charge < -0.3 is 0 Å². The zero-order chi connectivity index (χ0) is 20.6. The number of aromatic nitrogens is 2. The van der Waals surface area contributed by atoms with Crippen molar-refractivity contribution in [1.82, 2.24) is 9.78 Å². The second-order valence-corrected chi connectivity index (χ2v) is 22.3. The van der Waals surface area contributed by atoms with Crippen molar-refractivity contribution in [2.75, 3.05) is 0 Å². The second kappa shape index (κ2) is 11.6. The fraction of sp³-hybridized carbons (Fsp3) is 0.720. The summed E-state index contributed by atoms with van der Waals surface area (Å²) >= 11 is -2.52. The molecule has 1 aromatic carbocycles. The molecule has 0 radical (unpaired) electrons. The van der Waals surface area contributed by atoms with Crippen LogP contribution in [0, 0.1) is 12.8 Å². The number of benzene rings is 1. The average molecular weight is 491 g/mol. The van der Waals surface area contributed by atoms with Crippen molar-refractivity contribution in [3.8, 4) is 0 Å². The summed E-state index contributed by atoms with van der Waals surface area (Å²) in [6, 6.07) is 7.12. The first kappa shape index (κ1) is 23.8. The van der Waals surface area contributed by atoms with Crippen molar-refractivity contribution in [2.45, 2.75) is 106 Å². The van der Waals surface area contributed by atoms with Crippen LogP contribution in [0.15, 0.2) is 18.2 Å². The summed E-state index contributed by atoms with van der Waals surface area (Å²) in [5.74, 6) is 0.723. The summed E-state index contributed by atoms with van der Waals surface area (Å²) in [5, 5.41) is 6.95. The quantitative estimate of drug-likeness (QED) is 0.266. The molecule has 2 aromatic rings. The number of aryl methyl sites for hydroxylation is 2. The van der Waals surface area contributed by atoms with Crippen molar-refractivity contribution in [3.05, 3.63) is 23.8 Å².